The Morgan fingerprint density at radius 3 is 2.88 bits per heavy atom. The molecule has 2 aromatic rings. The molecule has 16 heavy (non-hydrogen) atoms. The first-order valence-electron chi connectivity index (χ1n) is 5.47. The van der Waals surface area contributed by atoms with E-state index in [-0.39, 0.29) is 5.78 Å². The van der Waals surface area contributed by atoms with Gasteiger partial charge in [-0.1, -0.05) is 31.2 Å². The van der Waals surface area contributed by atoms with E-state index in [2.05, 4.69) is 13.0 Å². The van der Waals surface area contributed by atoms with E-state index in [0.29, 0.717) is 5.92 Å². The van der Waals surface area contributed by atoms with Crippen LogP contribution in [0.2, 0.25) is 0 Å². The highest BCUT2D eigenvalue weighted by Crippen LogP contribution is 2.34. The van der Waals surface area contributed by atoms with Gasteiger partial charge in [-0.05, 0) is 29.3 Å². The first kappa shape index (κ1) is 9.79. The summed E-state index contributed by atoms with van der Waals surface area (Å²) in [6.45, 7) is 2.20. The third-order valence-electron chi connectivity index (χ3n) is 3.18. The number of thiophene rings is 1. The van der Waals surface area contributed by atoms with E-state index in [1.165, 1.54) is 10.4 Å². The van der Waals surface area contributed by atoms with Gasteiger partial charge in [0.25, 0.3) is 0 Å². The molecule has 0 radical (unpaired) electrons. The zero-order chi connectivity index (χ0) is 11.1. The van der Waals surface area contributed by atoms with Gasteiger partial charge in [0.15, 0.2) is 5.78 Å². The van der Waals surface area contributed by atoms with Crippen LogP contribution in [-0.4, -0.2) is 5.78 Å². The Bertz CT molecular complexity index is 553. The second-order valence-corrected chi connectivity index (χ2v) is 5.24. The zero-order valence-electron chi connectivity index (χ0n) is 9.07. The number of fused-ring (bicyclic) bond motifs is 2. The van der Waals surface area contributed by atoms with Crippen molar-refractivity contribution >= 4 is 17.1 Å². The highest BCUT2D eigenvalue weighted by atomic mass is 32.1. The first-order chi connectivity index (χ1) is 7.77. The van der Waals surface area contributed by atoms with Gasteiger partial charge in [-0.25, -0.2) is 0 Å². The van der Waals surface area contributed by atoms with Crippen molar-refractivity contribution < 1.29 is 4.79 Å². The van der Waals surface area contributed by atoms with Crippen molar-refractivity contribution in [3.63, 3.8) is 0 Å². The quantitative estimate of drug-likeness (QED) is 0.673. The topological polar surface area (TPSA) is 17.1 Å². The predicted molar refractivity (Wildman–Crippen MR) is 66.3 cm³/mol. The van der Waals surface area contributed by atoms with Gasteiger partial charge in [-0.15, -0.1) is 11.3 Å². The van der Waals surface area contributed by atoms with Crippen molar-refractivity contribution in [1.29, 1.82) is 0 Å². The molecule has 3 rings (SSSR count). The largest absolute Gasteiger partial charge is 0.289 e. The van der Waals surface area contributed by atoms with Crippen LogP contribution in [0.1, 0.15) is 39.2 Å². The molecule has 0 bridgehead atoms. The van der Waals surface area contributed by atoms with Gasteiger partial charge >= 0.3 is 0 Å². The third kappa shape index (κ3) is 1.34. The summed E-state index contributed by atoms with van der Waals surface area (Å²) < 4.78 is 0. The van der Waals surface area contributed by atoms with Crippen LogP contribution in [0.4, 0.5) is 0 Å². The summed E-state index contributed by atoms with van der Waals surface area (Å²) in [5.74, 6) is 0.638. The standard InChI is InChI=1S/C14H12OS/c1-9-8-10-4-2-3-5-11(10)13(15)12-6-7-16-14(9)12/h2-7,9H,8H2,1H3. The maximum Gasteiger partial charge on any atom is 0.194 e. The molecule has 0 N–H and O–H groups in total. The molecule has 0 saturated carbocycles. The van der Waals surface area contributed by atoms with Crippen LogP contribution in [0, 0.1) is 0 Å². The molecule has 1 aliphatic carbocycles. The van der Waals surface area contributed by atoms with Gasteiger partial charge < -0.3 is 0 Å². The molecule has 1 atom stereocenters. The smallest absolute Gasteiger partial charge is 0.194 e. The minimum atomic E-state index is 0.191. The molecule has 0 amide bonds. The van der Waals surface area contributed by atoms with E-state index < -0.39 is 0 Å². The van der Waals surface area contributed by atoms with Gasteiger partial charge in [0.1, 0.15) is 0 Å². The summed E-state index contributed by atoms with van der Waals surface area (Å²) in [4.78, 5) is 13.6. The molecule has 80 valence electrons. The molecule has 1 aliphatic rings. The highest BCUT2D eigenvalue weighted by Gasteiger charge is 2.25. The lowest BCUT2D eigenvalue weighted by Gasteiger charge is -2.07. The number of rotatable bonds is 0. The van der Waals surface area contributed by atoms with Gasteiger partial charge in [0.05, 0.1) is 0 Å². The number of ketones is 1. The maximum atomic E-state index is 12.3. The maximum absolute atomic E-state index is 12.3. The van der Waals surface area contributed by atoms with Crippen LogP contribution in [0.5, 0.6) is 0 Å². The third-order valence-corrected chi connectivity index (χ3v) is 4.32. The normalized spacial score (nSPS) is 18.8. The molecular weight excluding hydrogens is 216 g/mol. The van der Waals surface area contributed by atoms with Crippen LogP contribution in [0.15, 0.2) is 35.7 Å². The Labute approximate surface area is 98.7 Å². The number of benzene rings is 1. The lowest BCUT2D eigenvalue weighted by Crippen LogP contribution is -2.01. The minimum absolute atomic E-state index is 0.191. The SMILES string of the molecule is CC1Cc2ccccc2C(=O)c2ccsc21. The minimum Gasteiger partial charge on any atom is -0.289 e. The molecule has 0 spiro atoms. The van der Waals surface area contributed by atoms with Gasteiger partial charge in [-0.2, -0.15) is 0 Å². The lowest BCUT2D eigenvalue weighted by atomic mass is 9.99. The molecule has 0 aliphatic heterocycles. The summed E-state index contributed by atoms with van der Waals surface area (Å²) in [6.07, 6.45) is 0.968. The van der Waals surface area contributed by atoms with Gasteiger partial charge in [-0.3, -0.25) is 4.79 Å². The summed E-state index contributed by atoms with van der Waals surface area (Å²) in [5.41, 5.74) is 2.97. The van der Waals surface area contributed by atoms with Crippen LogP contribution in [-0.2, 0) is 6.42 Å². The molecule has 1 heterocycles. The highest BCUT2D eigenvalue weighted by molar-refractivity contribution is 7.10. The summed E-state index contributed by atoms with van der Waals surface area (Å²) >= 11 is 1.70. The van der Waals surface area contributed by atoms with Crippen molar-refractivity contribution in [3.05, 3.63) is 57.3 Å². The Balaban J connectivity index is 2.25. The molecule has 0 saturated heterocycles. The van der Waals surface area contributed by atoms with E-state index in [1.54, 1.807) is 11.3 Å². The van der Waals surface area contributed by atoms with Crippen LogP contribution in [0.25, 0.3) is 0 Å². The lowest BCUT2D eigenvalue weighted by molar-refractivity contribution is 0.103. The number of hydrogen-bond donors (Lipinski definition) is 0. The molecule has 1 unspecified atom stereocenters. The van der Waals surface area contributed by atoms with E-state index >= 15 is 0 Å². The van der Waals surface area contributed by atoms with Crippen molar-refractivity contribution in [2.24, 2.45) is 0 Å². The van der Waals surface area contributed by atoms with E-state index in [4.69, 9.17) is 0 Å². The fourth-order valence-electron chi connectivity index (χ4n) is 2.38. The number of hydrogen-bond acceptors (Lipinski definition) is 2. The first-order valence-corrected chi connectivity index (χ1v) is 6.35. The second kappa shape index (κ2) is 3.56. The van der Waals surface area contributed by atoms with Crippen molar-refractivity contribution in [1.82, 2.24) is 0 Å². The van der Waals surface area contributed by atoms with Crippen LogP contribution >= 0.6 is 11.3 Å². The molecular formula is C14H12OS. The monoisotopic (exact) mass is 228 g/mol. The summed E-state index contributed by atoms with van der Waals surface area (Å²) in [7, 11) is 0. The predicted octanol–water partition coefficient (Wildman–Crippen LogP) is 3.64. The zero-order valence-corrected chi connectivity index (χ0v) is 9.88. The second-order valence-electron chi connectivity index (χ2n) is 4.29. The number of carbonyl (C=O) groups excluding carboxylic acids is 1. The van der Waals surface area contributed by atoms with Gasteiger partial charge in [0, 0.05) is 16.0 Å². The van der Waals surface area contributed by atoms with Crippen molar-refractivity contribution in [3.8, 4) is 0 Å². The molecule has 1 aromatic carbocycles. The average Bonchev–Trinajstić information content (AvgIpc) is 2.74. The van der Waals surface area contributed by atoms with Crippen LogP contribution in [0.3, 0.4) is 0 Å². The Hall–Kier alpha value is -1.41. The Kier molecular flexibility index (Phi) is 2.18. The Morgan fingerprint density at radius 2 is 2.00 bits per heavy atom. The van der Waals surface area contributed by atoms with Crippen LogP contribution < -0.4 is 0 Å². The molecule has 2 heteroatoms. The molecule has 0 fully saturated rings. The summed E-state index contributed by atoms with van der Waals surface area (Å²) in [6, 6.07) is 9.93. The van der Waals surface area contributed by atoms with E-state index in [0.717, 1.165) is 17.5 Å². The van der Waals surface area contributed by atoms with Crippen molar-refractivity contribution in [2.75, 3.05) is 0 Å². The van der Waals surface area contributed by atoms with E-state index in [1.807, 2.05) is 29.6 Å². The number of carbonyl (C=O) groups is 1. The van der Waals surface area contributed by atoms with E-state index in [9.17, 15) is 4.79 Å². The van der Waals surface area contributed by atoms with Gasteiger partial charge in [0.2, 0.25) is 0 Å². The van der Waals surface area contributed by atoms with Crippen molar-refractivity contribution in [2.45, 2.75) is 19.3 Å². The fraction of sp³-hybridized carbons (Fsp3) is 0.214. The average molecular weight is 228 g/mol. The molecule has 1 nitrogen and oxygen atoms in total. The fourth-order valence-corrected chi connectivity index (χ4v) is 3.33. The Morgan fingerprint density at radius 1 is 1.19 bits per heavy atom. The molecule has 1 aromatic heterocycles. The summed E-state index contributed by atoms with van der Waals surface area (Å²) in [5, 5.41) is 2.02.